The minimum atomic E-state index is 0.206. The summed E-state index contributed by atoms with van der Waals surface area (Å²) in [6, 6.07) is 10.6. The van der Waals surface area contributed by atoms with E-state index in [4.69, 9.17) is 0 Å². The Morgan fingerprint density at radius 3 is 2.83 bits per heavy atom. The number of hydrogen-bond acceptors (Lipinski definition) is 2. The summed E-state index contributed by atoms with van der Waals surface area (Å²) in [7, 11) is 0. The molecule has 2 rings (SSSR count). The van der Waals surface area contributed by atoms with Gasteiger partial charge in [0.1, 0.15) is 0 Å². The van der Waals surface area contributed by atoms with Crippen LogP contribution in [0, 0.1) is 0 Å². The monoisotopic (exact) mass is 240 g/mol. The van der Waals surface area contributed by atoms with Gasteiger partial charge >= 0.3 is 0 Å². The number of pyridine rings is 1. The molecule has 0 aliphatic heterocycles. The molecule has 0 amide bonds. The molecule has 1 aromatic heterocycles. The lowest BCUT2D eigenvalue weighted by atomic mass is 9.97. The summed E-state index contributed by atoms with van der Waals surface area (Å²) in [6.07, 6.45) is 2.99. The first-order valence-corrected chi connectivity index (χ1v) is 6.46. The molecule has 1 aromatic carbocycles. The smallest absolute Gasteiger partial charge is 0.0705 e. The summed E-state index contributed by atoms with van der Waals surface area (Å²) in [6.45, 7) is 9.35. The lowest BCUT2D eigenvalue weighted by Crippen LogP contribution is -2.23. The zero-order valence-electron chi connectivity index (χ0n) is 11.1. The first-order chi connectivity index (χ1) is 8.74. The maximum atomic E-state index is 4.41. The maximum absolute atomic E-state index is 4.41. The van der Waals surface area contributed by atoms with Crippen LogP contribution < -0.4 is 5.32 Å². The average Bonchev–Trinajstić information content (AvgIpc) is 2.39. The summed E-state index contributed by atoms with van der Waals surface area (Å²) in [5, 5.41) is 4.76. The Balaban J connectivity index is 2.46. The van der Waals surface area contributed by atoms with Crippen molar-refractivity contribution in [3.8, 4) is 0 Å². The SMILES string of the molecule is C=C(C)C(NCCC)c1ccnc2ccccc12. The van der Waals surface area contributed by atoms with Crippen LogP contribution in [-0.4, -0.2) is 11.5 Å². The predicted molar refractivity (Wildman–Crippen MR) is 77.6 cm³/mol. The lowest BCUT2D eigenvalue weighted by molar-refractivity contribution is 0.594. The molecule has 1 heterocycles. The normalized spacial score (nSPS) is 12.6. The van der Waals surface area contributed by atoms with Crippen molar-refractivity contribution in [1.82, 2.24) is 10.3 Å². The van der Waals surface area contributed by atoms with Gasteiger partial charge in [-0.1, -0.05) is 37.3 Å². The second-order valence-electron chi connectivity index (χ2n) is 4.65. The van der Waals surface area contributed by atoms with Crippen LogP contribution >= 0.6 is 0 Å². The molecule has 2 heteroatoms. The largest absolute Gasteiger partial charge is 0.307 e. The Morgan fingerprint density at radius 2 is 2.11 bits per heavy atom. The number of benzene rings is 1. The molecule has 1 unspecified atom stereocenters. The molecule has 1 N–H and O–H groups in total. The highest BCUT2D eigenvalue weighted by atomic mass is 14.9. The van der Waals surface area contributed by atoms with Gasteiger partial charge in [0.25, 0.3) is 0 Å². The third kappa shape index (κ3) is 2.59. The van der Waals surface area contributed by atoms with Crippen LogP contribution in [0.25, 0.3) is 10.9 Å². The van der Waals surface area contributed by atoms with E-state index in [1.54, 1.807) is 0 Å². The Hall–Kier alpha value is -1.67. The van der Waals surface area contributed by atoms with E-state index in [1.807, 2.05) is 18.3 Å². The summed E-state index contributed by atoms with van der Waals surface area (Å²) in [4.78, 5) is 4.41. The van der Waals surface area contributed by atoms with E-state index in [0.717, 1.165) is 24.1 Å². The molecule has 0 saturated carbocycles. The molecule has 0 aliphatic rings. The van der Waals surface area contributed by atoms with E-state index < -0.39 is 0 Å². The van der Waals surface area contributed by atoms with E-state index in [0.29, 0.717) is 0 Å². The fourth-order valence-electron chi connectivity index (χ4n) is 2.21. The van der Waals surface area contributed by atoms with E-state index in [-0.39, 0.29) is 6.04 Å². The van der Waals surface area contributed by atoms with Gasteiger partial charge in [-0.3, -0.25) is 4.98 Å². The molecule has 2 aromatic rings. The van der Waals surface area contributed by atoms with Gasteiger partial charge in [-0.2, -0.15) is 0 Å². The number of hydrogen-bond donors (Lipinski definition) is 1. The minimum absolute atomic E-state index is 0.206. The molecule has 0 bridgehead atoms. The van der Waals surface area contributed by atoms with Crippen LogP contribution in [-0.2, 0) is 0 Å². The number of aromatic nitrogens is 1. The van der Waals surface area contributed by atoms with E-state index in [2.05, 4.69) is 48.9 Å². The third-order valence-corrected chi connectivity index (χ3v) is 3.09. The van der Waals surface area contributed by atoms with Crippen LogP contribution in [0.15, 0.2) is 48.7 Å². The topological polar surface area (TPSA) is 24.9 Å². The molecular formula is C16H20N2. The predicted octanol–water partition coefficient (Wildman–Crippen LogP) is 3.85. The van der Waals surface area contributed by atoms with Gasteiger partial charge in [0.05, 0.1) is 11.6 Å². The van der Waals surface area contributed by atoms with Crippen molar-refractivity contribution in [3.05, 3.63) is 54.2 Å². The Kier molecular flexibility index (Phi) is 4.11. The quantitative estimate of drug-likeness (QED) is 0.803. The summed E-state index contributed by atoms with van der Waals surface area (Å²) in [5.74, 6) is 0. The molecule has 0 radical (unpaired) electrons. The van der Waals surface area contributed by atoms with Crippen molar-refractivity contribution in [2.75, 3.05) is 6.54 Å². The van der Waals surface area contributed by atoms with Gasteiger partial charge in [0, 0.05) is 11.6 Å². The Labute approximate surface area is 109 Å². The number of rotatable bonds is 5. The van der Waals surface area contributed by atoms with Crippen LogP contribution in [0.2, 0.25) is 0 Å². The molecule has 0 aliphatic carbocycles. The van der Waals surface area contributed by atoms with E-state index in [9.17, 15) is 0 Å². The zero-order valence-corrected chi connectivity index (χ0v) is 11.1. The van der Waals surface area contributed by atoms with Gasteiger partial charge in [0.15, 0.2) is 0 Å². The van der Waals surface area contributed by atoms with Crippen LogP contribution in [0.5, 0.6) is 0 Å². The standard InChI is InChI=1S/C16H20N2/c1-4-10-18-16(12(2)3)14-9-11-17-15-8-6-5-7-13(14)15/h5-9,11,16,18H,2,4,10H2,1,3H3. The van der Waals surface area contributed by atoms with Crippen LogP contribution in [0.4, 0.5) is 0 Å². The van der Waals surface area contributed by atoms with Gasteiger partial charge in [-0.05, 0) is 37.6 Å². The average molecular weight is 240 g/mol. The zero-order chi connectivity index (χ0) is 13.0. The van der Waals surface area contributed by atoms with Crippen molar-refractivity contribution in [2.24, 2.45) is 0 Å². The minimum Gasteiger partial charge on any atom is -0.307 e. The highest BCUT2D eigenvalue weighted by Gasteiger charge is 2.14. The van der Waals surface area contributed by atoms with Crippen molar-refractivity contribution in [1.29, 1.82) is 0 Å². The second kappa shape index (κ2) is 5.78. The Bertz CT molecular complexity index is 540. The molecule has 0 fully saturated rings. The van der Waals surface area contributed by atoms with Crippen molar-refractivity contribution in [3.63, 3.8) is 0 Å². The highest BCUT2D eigenvalue weighted by molar-refractivity contribution is 5.82. The molecule has 1 atom stereocenters. The summed E-state index contributed by atoms with van der Waals surface area (Å²) >= 11 is 0. The molecule has 94 valence electrons. The molecule has 0 saturated heterocycles. The Morgan fingerprint density at radius 1 is 1.33 bits per heavy atom. The molecule has 18 heavy (non-hydrogen) atoms. The number of nitrogens with zero attached hydrogens (tertiary/aromatic N) is 1. The van der Waals surface area contributed by atoms with Gasteiger partial charge in [-0.15, -0.1) is 0 Å². The number of para-hydroxylation sites is 1. The second-order valence-corrected chi connectivity index (χ2v) is 4.65. The molecule has 0 spiro atoms. The lowest BCUT2D eigenvalue weighted by Gasteiger charge is -2.20. The fourth-order valence-corrected chi connectivity index (χ4v) is 2.21. The molecule has 2 nitrogen and oxygen atoms in total. The van der Waals surface area contributed by atoms with Gasteiger partial charge < -0.3 is 5.32 Å². The summed E-state index contributed by atoms with van der Waals surface area (Å²) < 4.78 is 0. The number of nitrogens with one attached hydrogen (secondary N) is 1. The van der Waals surface area contributed by atoms with E-state index in [1.165, 1.54) is 10.9 Å². The first-order valence-electron chi connectivity index (χ1n) is 6.46. The van der Waals surface area contributed by atoms with Crippen molar-refractivity contribution in [2.45, 2.75) is 26.3 Å². The van der Waals surface area contributed by atoms with Crippen molar-refractivity contribution >= 4 is 10.9 Å². The third-order valence-electron chi connectivity index (χ3n) is 3.09. The van der Waals surface area contributed by atoms with Gasteiger partial charge in [0.2, 0.25) is 0 Å². The fraction of sp³-hybridized carbons (Fsp3) is 0.312. The highest BCUT2D eigenvalue weighted by Crippen LogP contribution is 2.26. The first kappa shape index (κ1) is 12.8. The van der Waals surface area contributed by atoms with Gasteiger partial charge in [-0.25, -0.2) is 0 Å². The summed E-state index contributed by atoms with van der Waals surface area (Å²) in [5.41, 5.74) is 3.45. The van der Waals surface area contributed by atoms with E-state index >= 15 is 0 Å². The van der Waals surface area contributed by atoms with Crippen molar-refractivity contribution < 1.29 is 0 Å². The van der Waals surface area contributed by atoms with Crippen LogP contribution in [0.3, 0.4) is 0 Å². The maximum Gasteiger partial charge on any atom is 0.0705 e. The number of fused-ring (bicyclic) bond motifs is 1. The molecular weight excluding hydrogens is 220 g/mol. The van der Waals surface area contributed by atoms with Crippen LogP contribution in [0.1, 0.15) is 31.9 Å².